The van der Waals surface area contributed by atoms with E-state index in [4.69, 9.17) is 5.11 Å². The fourth-order valence-corrected chi connectivity index (χ4v) is 1.20. The minimum absolute atomic E-state index is 0.453. The van der Waals surface area contributed by atoms with Crippen molar-refractivity contribution in [3.63, 3.8) is 0 Å². The number of carbonyl (C=O) groups is 2. The molecule has 0 saturated heterocycles. The van der Waals surface area contributed by atoms with Crippen LogP contribution in [0.25, 0.3) is 6.08 Å². The number of hydrogen-bond acceptors (Lipinski definition) is 4. The van der Waals surface area contributed by atoms with Crippen LogP contribution in [0, 0.1) is 0 Å². The van der Waals surface area contributed by atoms with Crippen molar-refractivity contribution in [1.29, 1.82) is 0 Å². The Morgan fingerprint density at radius 3 is 2.64 bits per heavy atom. The van der Waals surface area contributed by atoms with Gasteiger partial charge in [0.1, 0.15) is 0 Å². The number of ketones is 1. The molecule has 0 saturated carbocycles. The van der Waals surface area contributed by atoms with Gasteiger partial charge in [0.05, 0.1) is 5.69 Å². The number of aryl methyl sites for hydroxylation is 1. The predicted octanol–water partition coefficient (Wildman–Crippen LogP) is 0.244. The monoisotopic (exact) mass is 259 g/mol. The number of nitrogens with zero attached hydrogens (tertiary/aromatic N) is 3. The van der Waals surface area contributed by atoms with E-state index in [0.29, 0.717) is 10.3 Å². The van der Waals surface area contributed by atoms with Crippen LogP contribution in [0.5, 0.6) is 0 Å². The standard InChI is InChI=1S/C7H6BrN3O3/c1-11-4(6(8)9-10-11)2-3-5(12)7(13)14/h2-3H,1H3,(H,13,14)/b3-2+. The zero-order valence-corrected chi connectivity index (χ0v) is 8.72. The van der Waals surface area contributed by atoms with Crippen LogP contribution in [-0.2, 0) is 16.6 Å². The van der Waals surface area contributed by atoms with Gasteiger partial charge in [-0.05, 0) is 28.1 Å². The van der Waals surface area contributed by atoms with Crippen molar-refractivity contribution in [2.75, 3.05) is 0 Å². The quantitative estimate of drug-likeness (QED) is 0.621. The molecule has 7 heteroatoms. The van der Waals surface area contributed by atoms with Gasteiger partial charge in [-0.3, -0.25) is 4.79 Å². The van der Waals surface area contributed by atoms with Gasteiger partial charge in [0.2, 0.25) is 0 Å². The zero-order valence-electron chi connectivity index (χ0n) is 7.14. The Morgan fingerprint density at radius 1 is 1.57 bits per heavy atom. The highest BCUT2D eigenvalue weighted by Gasteiger charge is 2.08. The maximum Gasteiger partial charge on any atom is 0.376 e. The fraction of sp³-hybridized carbons (Fsp3) is 0.143. The molecule has 0 atom stereocenters. The highest BCUT2D eigenvalue weighted by atomic mass is 79.9. The molecule has 0 aliphatic heterocycles. The van der Waals surface area contributed by atoms with Crippen molar-refractivity contribution in [3.05, 3.63) is 16.4 Å². The SMILES string of the molecule is Cn1nnc(Br)c1/C=C/C(=O)C(=O)O. The maximum atomic E-state index is 10.7. The zero-order chi connectivity index (χ0) is 10.7. The van der Waals surface area contributed by atoms with E-state index in [1.165, 1.54) is 10.8 Å². The Balaban J connectivity index is 2.88. The van der Waals surface area contributed by atoms with Gasteiger partial charge in [0.15, 0.2) is 4.60 Å². The minimum Gasteiger partial charge on any atom is -0.475 e. The van der Waals surface area contributed by atoms with E-state index in [1.54, 1.807) is 7.05 Å². The summed E-state index contributed by atoms with van der Waals surface area (Å²) in [5, 5.41) is 15.6. The summed E-state index contributed by atoms with van der Waals surface area (Å²) in [4.78, 5) is 20.9. The van der Waals surface area contributed by atoms with E-state index in [2.05, 4.69) is 26.2 Å². The third-order valence-corrected chi connectivity index (χ3v) is 1.99. The summed E-state index contributed by atoms with van der Waals surface area (Å²) in [7, 11) is 1.63. The van der Waals surface area contributed by atoms with Gasteiger partial charge >= 0.3 is 5.97 Å². The average Bonchev–Trinajstić information content (AvgIpc) is 2.43. The van der Waals surface area contributed by atoms with Crippen molar-refractivity contribution in [3.8, 4) is 0 Å². The lowest BCUT2D eigenvalue weighted by Gasteiger charge is -1.91. The van der Waals surface area contributed by atoms with E-state index < -0.39 is 11.8 Å². The van der Waals surface area contributed by atoms with Crippen molar-refractivity contribution in [2.24, 2.45) is 7.05 Å². The summed E-state index contributed by atoms with van der Waals surface area (Å²) >= 11 is 3.10. The van der Waals surface area contributed by atoms with Crippen molar-refractivity contribution < 1.29 is 14.7 Å². The first-order chi connectivity index (χ1) is 6.52. The maximum absolute atomic E-state index is 10.7. The second-order valence-corrected chi connectivity index (χ2v) is 3.14. The molecule has 1 N–H and O–H groups in total. The number of hydrogen-bond donors (Lipinski definition) is 1. The number of carboxylic acids is 1. The van der Waals surface area contributed by atoms with E-state index in [-0.39, 0.29) is 0 Å². The van der Waals surface area contributed by atoms with Gasteiger partial charge in [-0.15, -0.1) is 5.10 Å². The smallest absolute Gasteiger partial charge is 0.376 e. The topological polar surface area (TPSA) is 85.1 Å². The molecule has 0 aliphatic rings. The van der Waals surface area contributed by atoms with Crippen LogP contribution >= 0.6 is 15.9 Å². The van der Waals surface area contributed by atoms with E-state index in [0.717, 1.165) is 6.08 Å². The highest BCUT2D eigenvalue weighted by Crippen LogP contribution is 2.12. The predicted molar refractivity (Wildman–Crippen MR) is 50.4 cm³/mol. The van der Waals surface area contributed by atoms with E-state index in [1.807, 2.05) is 0 Å². The molecule has 0 bridgehead atoms. The lowest BCUT2D eigenvalue weighted by molar-refractivity contribution is -0.146. The molecule has 0 amide bonds. The van der Waals surface area contributed by atoms with Crippen LogP contribution in [0.2, 0.25) is 0 Å². The van der Waals surface area contributed by atoms with Gasteiger partial charge in [-0.2, -0.15) is 0 Å². The van der Waals surface area contributed by atoms with Crippen LogP contribution in [0.1, 0.15) is 5.69 Å². The Morgan fingerprint density at radius 2 is 2.21 bits per heavy atom. The Labute approximate surface area is 87.3 Å². The second-order valence-electron chi connectivity index (χ2n) is 2.39. The molecular formula is C7H6BrN3O3. The van der Waals surface area contributed by atoms with Crippen LogP contribution in [0.3, 0.4) is 0 Å². The first-order valence-corrected chi connectivity index (χ1v) is 4.32. The largest absolute Gasteiger partial charge is 0.475 e. The van der Waals surface area contributed by atoms with E-state index in [9.17, 15) is 9.59 Å². The Bertz CT molecular complexity index is 391. The van der Waals surface area contributed by atoms with Gasteiger partial charge in [-0.25, -0.2) is 9.48 Å². The summed E-state index contributed by atoms with van der Waals surface area (Å²) in [5.74, 6) is -2.48. The molecule has 0 aromatic carbocycles. The molecule has 6 nitrogen and oxygen atoms in total. The molecule has 0 radical (unpaired) electrons. The number of aromatic nitrogens is 3. The summed E-state index contributed by atoms with van der Waals surface area (Å²) < 4.78 is 1.87. The molecule has 1 heterocycles. The van der Waals surface area contributed by atoms with Crippen LogP contribution < -0.4 is 0 Å². The molecule has 0 fully saturated rings. The number of carboxylic acid groups (broad SMARTS) is 1. The molecular weight excluding hydrogens is 254 g/mol. The third kappa shape index (κ3) is 2.25. The molecule has 0 aliphatic carbocycles. The van der Waals surface area contributed by atoms with Crippen LogP contribution in [0.15, 0.2) is 10.7 Å². The van der Waals surface area contributed by atoms with Crippen molar-refractivity contribution >= 4 is 33.8 Å². The first kappa shape index (κ1) is 10.6. The molecule has 0 spiro atoms. The number of halogens is 1. The number of rotatable bonds is 3. The third-order valence-electron chi connectivity index (χ3n) is 1.43. The average molecular weight is 260 g/mol. The van der Waals surface area contributed by atoms with Crippen LogP contribution in [0.4, 0.5) is 0 Å². The number of carbonyl (C=O) groups excluding carboxylic acids is 1. The summed E-state index contributed by atoms with van der Waals surface area (Å²) in [6, 6.07) is 0. The summed E-state index contributed by atoms with van der Waals surface area (Å²) in [6.45, 7) is 0. The normalized spacial score (nSPS) is 10.7. The first-order valence-electron chi connectivity index (χ1n) is 3.53. The highest BCUT2D eigenvalue weighted by molar-refractivity contribution is 9.10. The van der Waals surface area contributed by atoms with Crippen LogP contribution in [-0.4, -0.2) is 31.9 Å². The summed E-state index contributed by atoms with van der Waals surface area (Å²) in [5.41, 5.74) is 0.527. The van der Waals surface area contributed by atoms with Gasteiger partial charge < -0.3 is 5.11 Å². The Kier molecular flexibility index (Phi) is 3.13. The lowest BCUT2D eigenvalue weighted by atomic mass is 10.3. The van der Waals surface area contributed by atoms with Gasteiger partial charge in [0, 0.05) is 7.05 Å². The van der Waals surface area contributed by atoms with E-state index >= 15 is 0 Å². The fourth-order valence-electron chi connectivity index (χ4n) is 0.742. The molecule has 74 valence electrons. The molecule has 14 heavy (non-hydrogen) atoms. The second kappa shape index (κ2) is 4.14. The Hall–Kier alpha value is -1.50. The number of aliphatic carboxylic acids is 1. The van der Waals surface area contributed by atoms with Crippen molar-refractivity contribution in [1.82, 2.24) is 15.0 Å². The molecule has 1 aromatic heterocycles. The molecule has 1 aromatic rings. The molecule has 0 unspecified atom stereocenters. The lowest BCUT2D eigenvalue weighted by Crippen LogP contribution is -2.08. The van der Waals surface area contributed by atoms with Crippen molar-refractivity contribution in [2.45, 2.75) is 0 Å². The van der Waals surface area contributed by atoms with Gasteiger partial charge in [0.25, 0.3) is 5.78 Å². The summed E-state index contributed by atoms with van der Waals surface area (Å²) in [6.07, 6.45) is 2.28. The van der Waals surface area contributed by atoms with Gasteiger partial charge in [-0.1, -0.05) is 5.21 Å². The minimum atomic E-state index is -1.49. The molecule has 1 rings (SSSR count).